The number of piperidine rings is 1. The molecule has 0 spiro atoms. The topological polar surface area (TPSA) is 92.3 Å². The second-order valence-electron chi connectivity index (χ2n) is 5.28. The van der Waals surface area contributed by atoms with Crippen LogP contribution >= 0.6 is 0 Å². The van der Waals surface area contributed by atoms with E-state index in [-0.39, 0.29) is 15.7 Å². The van der Waals surface area contributed by atoms with Gasteiger partial charge in [0.2, 0.25) is 10.0 Å². The summed E-state index contributed by atoms with van der Waals surface area (Å²) in [6, 6.07) is 5.66. The summed E-state index contributed by atoms with van der Waals surface area (Å²) in [5.41, 5.74) is 0. The second kappa shape index (κ2) is 6.43. The van der Waals surface area contributed by atoms with Crippen LogP contribution in [-0.4, -0.2) is 42.7 Å². The van der Waals surface area contributed by atoms with Gasteiger partial charge in [-0.2, -0.15) is 0 Å². The van der Waals surface area contributed by atoms with Crippen LogP contribution in [0.15, 0.2) is 34.1 Å². The lowest BCUT2D eigenvalue weighted by Crippen LogP contribution is -2.38. The van der Waals surface area contributed by atoms with E-state index in [0.29, 0.717) is 6.54 Å². The van der Waals surface area contributed by atoms with E-state index in [2.05, 4.69) is 10.0 Å². The molecule has 0 amide bonds. The van der Waals surface area contributed by atoms with Crippen molar-refractivity contribution in [3.05, 3.63) is 24.3 Å². The highest BCUT2D eigenvalue weighted by atomic mass is 32.2. The third-order valence-electron chi connectivity index (χ3n) is 3.50. The average molecular weight is 332 g/mol. The van der Waals surface area contributed by atoms with Crippen molar-refractivity contribution in [2.24, 2.45) is 5.92 Å². The molecular formula is C13H20N2O4S2. The molecule has 0 radical (unpaired) electrons. The first-order chi connectivity index (χ1) is 9.81. The smallest absolute Gasteiger partial charge is 0.241 e. The van der Waals surface area contributed by atoms with Crippen LogP contribution in [0.25, 0.3) is 0 Å². The Kier molecular flexibility index (Phi) is 5.03. The van der Waals surface area contributed by atoms with Crippen molar-refractivity contribution in [2.45, 2.75) is 22.6 Å². The number of hydrogen-bond acceptors (Lipinski definition) is 5. The normalized spacial score (nSPS) is 20.3. The van der Waals surface area contributed by atoms with Gasteiger partial charge in [0.15, 0.2) is 9.84 Å². The maximum absolute atomic E-state index is 12.3. The number of nitrogens with one attached hydrogen (secondary N) is 2. The van der Waals surface area contributed by atoms with Gasteiger partial charge in [-0.3, -0.25) is 0 Å². The van der Waals surface area contributed by atoms with Crippen LogP contribution in [0.3, 0.4) is 0 Å². The monoisotopic (exact) mass is 332 g/mol. The first-order valence-electron chi connectivity index (χ1n) is 6.80. The number of benzene rings is 1. The summed E-state index contributed by atoms with van der Waals surface area (Å²) < 4.78 is 50.6. The van der Waals surface area contributed by atoms with Crippen LogP contribution in [0.5, 0.6) is 0 Å². The molecule has 1 aromatic carbocycles. The molecule has 1 saturated heterocycles. The summed E-state index contributed by atoms with van der Waals surface area (Å²) in [7, 11) is -7.42. The molecule has 1 aliphatic rings. The molecule has 6 nitrogen and oxygen atoms in total. The van der Waals surface area contributed by atoms with Crippen LogP contribution in [0.2, 0.25) is 0 Å². The van der Waals surface area contributed by atoms with Crippen molar-refractivity contribution in [2.75, 3.05) is 25.9 Å². The molecule has 21 heavy (non-hydrogen) atoms. The van der Waals surface area contributed by atoms with Crippen molar-refractivity contribution < 1.29 is 16.8 Å². The Labute approximate surface area is 125 Å². The summed E-state index contributed by atoms with van der Waals surface area (Å²) in [5, 5.41) is 3.22. The van der Waals surface area contributed by atoms with Crippen molar-refractivity contribution in [1.82, 2.24) is 10.0 Å². The van der Waals surface area contributed by atoms with Crippen LogP contribution < -0.4 is 10.0 Å². The maximum Gasteiger partial charge on any atom is 0.241 e. The molecule has 1 aliphatic heterocycles. The minimum Gasteiger partial charge on any atom is -0.316 e. The SMILES string of the molecule is CS(=O)(=O)c1ccccc1S(=O)(=O)NC[C@H]1CCCNC1. The van der Waals surface area contributed by atoms with E-state index in [1.165, 1.54) is 24.3 Å². The molecule has 118 valence electrons. The molecule has 0 unspecified atom stereocenters. The van der Waals surface area contributed by atoms with E-state index >= 15 is 0 Å². The van der Waals surface area contributed by atoms with E-state index in [1.807, 2.05) is 0 Å². The molecule has 1 atom stereocenters. The number of hydrogen-bond donors (Lipinski definition) is 2. The minimum atomic E-state index is -3.83. The predicted molar refractivity (Wildman–Crippen MR) is 80.3 cm³/mol. The van der Waals surface area contributed by atoms with Crippen molar-refractivity contribution >= 4 is 19.9 Å². The van der Waals surface area contributed by atoms with E-state index in [9.17, 15) is 16.8 Å². The second-order valence-corrected chi connectivity index (χ2v) is 9.00. The van der Waals surface area contributed by atoms with Gasteiger partial charge in [-0.1, -0.05) is 12.1 Å². The number of sulfonamides is 1. The van der Waals surface area contributed by atoms with Crippen LogP contribution in [0.4, 0.5) is 0 Å². The lowest BCUT2D eigenvalue weighted by molar-refractivity contribution is 0.375. The highest BCUT2D eigenvalue weighted by molar-refractivity contribution is 7.93. The minimum absolute atomic E-state index is 0.167. The van der Waals surface area contributed by atoms with Gasteiger partial charge in [-0.25, -0.2) is 21.6 Å². The van der Waals surface area contributed by atoms with Gasteiger partial charge in [-0.05, 0) is 44.0 Å². The lowest BCUT2D eigenvalue weighted by Gasteiger charge is -2.23. The Morgan fingerprint density at radius 1 is 1.19 bits per heavy atom. The Hall–Kier alpha value is -0.960. The summed E-state index contributed by atoms with van der Waals surface area (Å²) >= 11 is 0. The largest absolute Gasteiger partial charge is 0.316 e. The Morgan fingerprint density at radius 2 is 1.86 bits per heavy atom. The first-order valence-corrected chi connectivity index (χ1v) is 10.2. The highest BCUT2D eigenvalue weighted by Crippen LogP contribution is 2.20. The summed E-state index contributed by atoms with van der Waals surface area (Å²) in [5.74, 6) is 0.235. The zero-order chi connectivity index (χ0) is 15.5. The van der Waals surface area contributed by atoms with Crippen LogP contribution in [0.1, 0.15) is 12.8 Å². The fourth-order valence-electron chi connectivity index (χ4n) is 2.38. The molecule has 0 aliphatic carbocycles. The van der Waals surface area contributed by atoms with Crippen LogP contribution in [0, 0.1) is 5.92 Å². The van der Waals surface area contributed by atoms with Gasteiger partial charge in [0.25, 0.3) is 0 Å². The Morgan fingerprint density at radius 3 is 2.43 bits per heavy atom. The summed E-state index contributed by atoms with van der Waals surface area (Å²) in [6.45, 7) is 2.05. The summed E-state index contributed by atoms with van der Waals surface area (Å²) in [4.78, 5) is -0.351. The third kappa shape index (κ3) is 4.26. The Bertz CT molecular complexity index is 693. The van der Waals surface area contributed by atoms with Gasteiger partial charge in [0, 0.05) is 12.8 Å². The molecule has 0 saturated carbocycles. The molecule has 1 fully saturated rings. The number of sulfone groups is 1. The zero-order valence-electron chi connectivity index (χ0n) is 11.9. The van der Waals surface area contributed by atoms with Gasteiger partial charge in [0.05, 0.1) is 4.90 Å². The van der Waals surface area contributed by atoms with Crippen LogP contribution in [-0.2, 0) is 19.9 Å². The predicted octanol–water partition coefficient (Wildman–Crippen LogP) is 0.368. The van der Waals surface area contributed by atoms with Crippen molar-refractivity contribution in [1.29, 1.82) is 0 Å². The van der Waals surface area contributed by atoms with Crippen molar-refractivity contribution in [3.8, 4) is 0 Å². The molecule has 0 aromatic heterocycles. The molecule has 8 heteroatoms. The fourth-order valence-corrected chi connectivity index (χ4v) is 5.13. The van der Waals surface area contributed by atoms with E-state index < -0.39 is 19.9 Å². The fraction of sp³-hybridized carbons (Fsp3) is 0.538. The molecule has 0 bridgehead atoms. The highest BCUT2D eigenvalue weighted by Gasteiger charge is 2.24. The first kappa shape index (κ1) is 16.4. The van der Waals surface area contributed by atoms with E-state index in [1.54, 1.807) is 0 Å². The van der Waals surface area contributed by atoms with Gasteiger partial charge in [0.1, 0.15) is 4.90 Å². The molecule has 2 rings (SSSR count). The van der Waals surface area contributed by atoms with Gasteiger partial charge >= 0.3 is 0 Å². The zero-order valence-corrected chi connectivity index (χ0v) is 13.5. The maximum atomic E-state index is 12.3. The summed E-state index contributed by atoms with van der Waals surface area (Å²) in [6.07, 6.45) is 2.99. The van der Waals surface area contributed by atoms with E-state index in [4.69, 9.17) is 0 Å². The van der Waals surface area contributed by atoms with Gasteiger partial charge < -0.3 is 5.32 Å². The van der Waals surface area contributed by atoms with Gasteiger partial charge in [-0.15, -0.1) is 0 Å². The third-order valence-corrected chi connectivity index (χ3v) is 6.26. The molecule has 1 heterocycles. The standard InChI is InChI=1S/C13H20N2O4S2/c1-20(16,17)12-6-2-3-7-13(12)21(18,19)15-10-11-5-4-8-14-9-11/h2-3,6-7,11,14-15H,4-5,8-10H2,1H3/t11-/m0/s1. The number of rotatable bonds is 5. The van der Waals surface area contributed by atoms with Crippen molar-refractivity contribution in [3.63, 3.8) is 0 Å². The molecular weight excluding hydrogens is 312 g/mol. The molecule has 2 N–H and O–H groups in total. The quantitative estimate of drug-likeness (QED) is 0.813. The lowest BCUT2D eigenvalue weighted by atomic mass is 10.0. The Balaban J connectivity index is 2.20. The average Bonchev–Trinajstić information content (AvgIpc) is 2.45. The van der Waals surface area contributed by atoms with E-state index in [0.717, 1.165) is 32.2 Å². The molecule has 1 aromatic rings.